The lowest BCUT2D eigenvalue weighted by Crippen LogP contribution is -2.41. The third kappa shape index (κ3) is 8.00. The van der Waals surface area contributed by atoms with E-state index in [2.05, 4.69) is 10.6 Å². The number of nitrogens with one attached hydrogen (secondary N) is 2. The second kappa shape index (κ2) is 12.2. The summed E-state index contributed by atoms with van der Waals surface area (Å²) in [6.45, 7) is 2.37. The van der Waals surface area contributed by atoms with Gasteiger partial charge in [0, 0.05) is 6.54 Å². The van der Waals surface area contributed by atoms with E-state index in [9.17, 15) is 19.5 Å². The molecule has 0 unspecified atom stereocenters. The molecule has 0 spiro atoms. The molecule has 0 radical (unpaired) electrons. The molecule has 2 aromatic rings. The maximum Gasteiger partial charge on any atom is 0.407 e. The second-order valence-corrected chi connectivity index (χ2v) is 7.05. The number of rotatable bonds is 11. The number of carbonyl (C=O) groups excluding carboxylic acids is 2. The van der Waals surface area contributed by atoms with Crippen LogP contribution >= 0.6 is 0 Å². The van der Waals surface area contributed by atoms with Crippen LogP contribution < -0.4 is 15.4 Å². The highest BCUT2D eigenvalue weighted by molar-refractivity contribution is 5.99. The predicted molar refractivity (Wildman–Crippen MR) is 115 cm³/mol. The first-order valence-corrected chi connectivity index (χ1v) is 10.0. The molecule has 0 aromatic heterocycles. The molecular formula is C23H28N2O6. The van der Waals surface area contributed by atoms with E-state index in [1.54, 1.807) is 12.1 Å². The quantitative estimate of drug-likeness (QED) is 0.473. The Balaban J connectivity index is 1.73. The monoisotopic (exact) mass is 428 g/mol. The van der Waals surface area contributed by atoms with Crippen LogP contribution in [0.25, 0.3) is 0 Å². The van der Waals surface area contributed by atoms with E-state index >= 15 is 0 Å². The molecule has 0 saturated heterocycles. The maximum atomic E-state index is 12.5. The summed E-state index contributed by atoms with van der Waals surface area (Å²) >= 11 is 0. The van der Waals surface area contributed by atoms with E-state index in [-0.39, 0.29) is 18.6 Å². The molecule has 31 heavy (non-hydrogen) atoms. The van der Waals surface area contributed by atoms with Crippen LogP contribution in [-0.2, 0) is 16.1 Å². The molecular weight excluding hydrogens is 400 g/mol. The molecule has 0 bridgehead atoms. The van der Waals surface area contributed by atoms with Crippen LogP contribution in [-0.4, -0.2) is 42.8 Å². The number of amides is 2. The van der Waals surface area contributed by atoms with Gasteiger partial charge < -0.3 is 25.2 Å². The van der Waals surface area contributed by atoms with E-state index in [0.717, 1.165) is 11.1 Å². The van der Waals surface area contributed by atoms with Gasteiger partial charge in [0.05, 0.1) is 12.7 Å². The molecule has 2 rings (SSSR count). The zero-order valence-corrected chi connectivity index (χ0v) is 17.7. The van der Waals surface area contributed by atoms with Gasteiger partial charge >= 0.3 is 12.1 Å². The van der Waals surface area contributed by atoms with Crippen LogP contribution in [0.3, 0.4) is 0 Å². The SMILES string of the molecule is COc1ccc(C)cc1C(=O)N[C@@H](CCCCNC(=O)OCc1ccccc1)C(=O)O. The molecule has 0 aliphatic rings. The first-order chi connectivity index (χ1) is 14.9. The lowest BCUT2D eigenvalue weighted by molar-refractivity contribution is -0.139. The molecule has 0 aliphatic carbocycles. The van der Waals surface area contributed by atoms with Gasteiger partial charge in [-0.2, -0.15) is 0 Å². The number of unbranched alkanes of at least 4 members (excludes halogenated alkanes) is 1. The van der Waals surface area contributed by atoms with Gasteiger partial charge in [0.1, 0.15) is 18.4 Å². The number of hydrogen-bond donors (Lipinski definition) is 3. The van der Waals surface area contributed by atoms with Crippen LogP contribution in [0.2, 0.25) is 0 Å². The average Bonchev–Trinajstić information content (AvgIpc) is 2.77. The van der Waals surface area contributed by atoms with E-state index in [1.807, 2.05) is 43.3 Å². The van der Waals surface area contributed by atoms with Crippen molar-refractivity contribution in [2.24, 2.45) is 0 Å². The lowest BCUT2D eigenvalue weighted by Gasteiger charge is -2.16. The number of carboxylic acids is 1. The number of hydrogen-bond acceptors (Lipinski definition) is 5. The Labute approximate surface area is 181 Å². The zero-order chi connectivity index (χ0) is 22.6. The molecule has 8 heteroatoms. The minimum absolute atomic E-state index is 0.183. The van der Waals surface area contributed by atoms with Gasteiger partial charge in [-0.05, 0) is 43.9 Å². The fourth-order valence-electron chi connectivity index (χ4n) is 2.93. The van der Waals surface area contributed by atoms with Crippen LogP contribution in [0.15, 0.2) is 48.5 Å². The molecule has 2 aromatic carbocycles. The Hall–Kier alpha value is -3.55. The van der Waals surface area contributed by atoms with Gasteiger partial charge in [0.2, 0.25) is 0 Å². The van der Waals surface area contributed by atoms with E-state index < -0.39 is 24.0 Å². The Morgan fingerprint density at radius 3 is 2.48 bits per heavy atom. The standard InChI is InChI=1S/C23H28N2O6/c1-16-11-12-20(30-2)18(14-16)21(26)25-19(22(27)28)10-6-7-13-24-23(29)31-15-17-8-4-3-5-9-17/h3-5,8-9,11-12,14,19H,6-7,10,13,15H2,1-2H3,(H,24,29)(H,25,26)(H,27,28)/t19-/m0/s1. The van der Waals surface area contributed by atoms with Crippen molar-refractivity contribution in [1.82, 2.24) is 10.6 Å². The Bertz CT molecular complexity index is 885. The number of carbonyl (C=O) groups is 3. The minimum Gasteiger partial charge on any atom is -0.496 e. The van der Waals surface area contributed by atoms with Crippen molar-refractivity contribution in [2.45, 2.75) is 38.8 Å². The van der Waals surface area contributed by atoms with Crippen molar-refractivity contribution in [3.63, 3.8) is 0 Å². The molecule has 0 saturated carbocycles. The zero-order valence-electron chi connectivity index (χ0n) is 17.7. The molecule has 8 nitrogen and oxygen atoms in total. The molecule has 0 fully saturated rings. The van der Waals surface area contributed by atoms with Gasteiger partial charge in [0.15, 0.2) is 0 Å². The number of methoxy groups -OCH3 is 1. The van der Waals surface area contributed by atoms with Crippen molar-refractivity contribution in [2.75, 3.05) is 13.7 Å². The second-order valence-electron chi connectivity index (χ2n) is 7.05. The number of aryl methyl sites for hydroxylation is 1. The number of carboxylic acid groups (broad SMARTS) is 1. The topological polar surface area (TPSA) is 114 Å². The van der Waals surface area contributed by atoms with Gasteiger partial charge in [-0.25, -0.2) is 9.59 Å². The largest absolute Gasteiger partial charge is 0.496 e. The Morgan fingerprint density at radius 1 is 1.06 bits per heavy atom. The summed E-state index contributed by atoms with van der Waals surface area (Å²) in [7, 11) is 1.45. The summed E-state index contributed by atoms with van der Waals surface area (Å²) in [5.41, 5.74) is 2.04. The first kappa shape index (κ1) is 23.7. The molecule has 3 N–H and O–H groups in total. The summed E-state index contributed by atoms with van der Waals surface area (Å²) in [5, 5.41) is 14.6. The molecule has 0 heterocycles. The van der Waals surface area contributed by atoms with E-state index in [0.29, 0.717) is 25.1 Å². The average molecular weight is 428 g/mol. The van der Waals surface area contributed by atoms with Crippen molar-refractivity contribution >= 4 is 18.0 Å². The Morgan fingerprint density at radius 2 is 1.81 bits per heavy atom. The van der Waals surface area contributed by atoms with Crippen LogP contribution in [0.1, 0.15) is 40.7 Å². The summed E-state index contributed by atoms with van der Waals surface area (Å²) in [5.74, 6) is -1.24. The minimum atomic E-state index is -1.12. The Kier molecular flexibility index (Phi) is 9.35. The fourth-order valence-corrected chi connectivity index (χ4v) is 2.93. The smallest absolute Gasteiger partial charge is 0.407 e. The number of aliphatic carboxylic acids is 1. The summed E-state index contributed by atoms with van der Waals surface area (Å²) in [6.07, 6.45) is 0.754. The van der Waals surface area contributed by atoms with Crippen LogP contribution in [0.5, 0.6) is 5.75 Å². The highest BCUT2D eigenvalue weighted by atomic mass is 16.5. The number of ether oxygens (including phenoxy) is 2. The summed E-state index contributed by atoms with van der Waals surface area (Å²) in [6, 6.07) is 13.4. The van der Waals surface area contributed by atoms with E-state index in [1.165, 1.54) is 7.11 Å². The van der Waals surface area contributed by atoms with Crippen molar-refractivity contribution in [1.29, 1.82) is 0 Å². The van der Waals surface area contributed by atoms with Crippen LogP contribution in [0, 0.1) is 6.92 Å². The maximum absolute atomic E-state index is 12.5. The highest BCUT2D eigenvalue weighted by Gasteiger charge is 2.22. The summed E-state index contributed by atoms with van der Waals surface area (Å²) < 4.78 is 10.3. The van der Waals surface area contributed by atoms with Gasteiger partial charge in [-0.3, -0.25) is 4.79 Å². The van der Waals surface area contributed by atoms with Gasteiger partial charge in [-0.1, -0.05) is 42.0 Å². The number of benzene rings is 2. The molecule has 166 valence electrons. The molecule has 0 aliphatic heterocycles. The molecule has 2 amide bonds. The van der Waals surface area contributed by atoms with Crippen molar-refractivity contribution < 1.29 is 29.0 Å². The third-order valence-electron chi connectivity index (χ3n) is 4.60. The third-order valence-corrected chi connectivity index (χ3v) is 4.60. The normalized spacial score (nSPS) is 11.3. The number of alkyl carbamates (subject to hydrolysis) is 1. The van der Waals surface area contributed by atoms with Gasteiger partial charge in [-0.15, -0.1) is 0 Å². The lowest BCUT2D eigenvalue weighted by atomic mass is 10.1. The molecule has 1 atom stereocenters. The van der Waals surface area contributed by atoms with Crippen LogP contribution in [0.4, 0.5) is 4.79 Å². The van der Waals surface area contributed by atoms with Gasteiger partial charge in [0.25, 0.3) is 5.91 Å². The predicted octanol–water partition coefficient (Wildman–Crippen LogP) is 3.28. The van der Waals surface area contributed by atoms with Crippen molar-refractivity contribution in [3.8, 4) is 5.75 Å². The van der Waals surface area contributed by atoms with Crippen molar-refractivity contribution in [3.05, 3.63) is 65.2 Å². The summed E-state index contributed by atoms with van der Waals surface area (Å²) in [4.78, 5) is 35.8. The fraction of sp³-hybridized carbons (Fsp3) is 0.348. The van der Waals surface area contributed by atoms with E-state index in [4.69, 9.17) is 9.47 Å². The first-order valence-electron chi connectivity index (χ1n) is 10.0. The highest BCUT2D eigenvalue weighted by Crippen LogP contribution is 2.20.